The first-order valence-electron chi connectivity index (χ1n) is 15.9. The van der Waals surface area contributed by atoms with E-state index in [2.05, 4.69) is 11.6 Å². The average Bonchev–Trinajstić information content (AvgIpc) is 3.04. The maximum absolute atomic E-state index is 15.2. The monoisotopic (exact) mass is 674 g/mol. The van der Waals surface area contributed by atoms with Gasteiger partial charge in [-0.05, 0) is 50.0 Å². The third kappa shape index (κ3) is 6.16. The fourth-order valence-corrected chi connectivity index (χ4v) is 6.27. The van der Waals surface area contributed by atoms with Crippen LogP contribution in [0.2, 0.25) is 5.02 Å². The van der Waals surface area contributed by atoms with Gasteiger partial charge >= 0.3 is 5.69 Å². The summed E-state index contributed by atoms with van der Waals surface area (Å²) in [6, 6.07) is 7.37. The maximum atomic E-state index is 15.2. The molecule has 0 radical (unpaired) electrons. The van der Waals surface area contributed by atoms with E-state index in [9.17, 15) is 14.4 Å². The van der Waals surface area contributed by atoms with Gasteiger partial charge in [0.2, 0.25) is 17.8 Å². The number of piperazine rings is 1. The molecule has 0 saturated carbocycles. The molecule has 4 heterocycles. The summed E-state index contributed by atoms with van der Waals surface area (Å²) in [5.74, 6) is -0.819. The lowest BCUT2D eigenvalue weighted by Gasteiger charge is -2.44. The van der Waals surface area contributed by atoms with Crippen molar-refractivity contribution in [1.82, 2.24) is 29.4 Å². The van der Waals surface area contributed by atoms with Gasteiger partial charge in [0, 0.05) is 44.7 Å². The third-order valence-electron chi connectivity index (χ3n) is 8.66. The van der Waals surface area contributed by atoms with Gasteiger partial charge in [0.05, 0.1) is 33.2 Å². The number of amides is 2. The molecule has 5 rings (SSSR count). The molecule has 1 fully saturated rings. The summed E-state index contributed by atoms with van der Waals surface area (Å²) >= 11 is 6.87. The molecule has 1 aromatic carbocycles. The van der Waals surface area contributed by atoms with Crippen LogP contribution in [0.25, 0.3) is 28.0 Å². The van der Waals surface area contributed by atoms with Gasteiger partial charge in [-0.3, -0.25) is 14.5 Å². The molecule has 48 heavy (non-hydrogen) atoms. The molecule has 0 bridgehead atoms. The van der Waals surface area contributed by atoms with Crippen molar-refractivity contribution in [3.63, 3.8) is 0 Å². The van der Waals surface area contributed by atoms with Crippen LogP contribution in [0.1, 0.15) is 71.7 Å². The molecule has 2 atom stereocenters. The van der Waals surface area contributed by atoms with E-state index in [0.29, 0.717) is 41.4 Å². The Bertz CT molecular complexity index is 1970. The van der Waals surface area contributed by atoms with Crippen molar-refractivity contribution in [2.45, 2.75) is 72.4 Å². The van der Waals surface area contributed by atoms with Crippen LogP contribution < -0.4 is 15.5 Å². The summed E-state index contributed by atoms with van der Waals surface area (Å²) in [6.07, 6.45) is 1.29. The highest BCUT2D eigenvalue weighted by molar-refractivity contribution is 6.33. The lowest BCUT2D eigenvalue weighted by Crippen LogP contribution is -2.58. The number of pyridine rings is 1. The lowest BCUT2D eigenvalue weighted by molar-refractivity contribution is -0.128. The summed E-state index contributed by atoms with van der Waals surface area (Å²) in [4.78, 5) is 63.5. The zero-order chi connectivity index (χ0) is 35.2. The minimum absolute atomic E-state index is 0.154. The molecular weight excluding hydrogens is 635 g/mol. The molecule has 1 saturated heterocycles. The molecule has 0 spiro atoms. The second kappa shape index (κ2) is 13.4. The van der Waals surface area contributed by atoms with Crippen LogP contribution >= 0.6 is 11.6 Å². The first kappa shape index (κ1) is 34.6. The van der Waals surface area contributed by atoms with Gasteiger partial charge in [-0.2, -0.15) is 4.98 Å². The number of hydrogen-bond acceptors (Lipinski definition) is 8. The van der Waals surface area contributed by atoms with Crippen LogP contribution in [0, 0.1) is 5.82 Å². The Balaban J connectivity index is 1.89. The van der Waals surface area contributed by atoms with Crippen LogP contribution in [0.3, 0.4) is 0 Å². The van der Waals surface area contributed by atoms with E-state index in [4.69, 9.17) is 26.6 Å². The van der Waals surface area contributed by atoms with E-state index in [0.717, 1.165) is 0 Å². The van der Waals surface area contributed by atoms with Crippen LogP contribution in [-0.4, -0.2) is 73.4 Å². The Morgan fingerprint density at radius 3 is 2.21 bits per heavy atom. The van der Waals surface area contributed by atoms with Crippen molar-refractivity contribution in [3.05, 3.63) is 75.7 Å². The molecule has 2 amide bonds. The number of carbonyl (C=O) groups is 2. The summed E-state index contributed by atoms with van der Waals surface area (Å²) in [6.45, 7) is 17.4. The van der Waals surface area contributed by atoms with E-state index >= 15 is 4.39 Å². The number of rotatable bonds is 7. The molecule has 252 valence electrons. The topological polar surface area (TPSA) is 117 Å². The van der Waals surface area contributed by atoms with Crippen LogP contribution in [0.5, 0.6) is 0 Å². The van der Waals surface area contributed by atoms with Gasteiger partial charge in [-0.1, -0.05) is 58.0 Å². The Kier molecular flexibility index (Phi) is 9.68. The van der Waals surface area contributed by atoms with Crippen LogP contribution in [0.15, 0.2) is 47.8 Å². The molecule has 13 heteroatoms. The smallest absolute Gasteiger partial charge is 0.349 e. The normalized spacial score (nSPS) is 16.6. The van der Waals surface area contributed by atoms with Gasteiger partial charge in [0.15, 0.2) is 5.65 Å². The van der Waals surface area contributed by atoms with Crippen molar-refractivity contribution in [3.8, 4) is 16.9 Å². The largest absolute Gasteiger partial charge is 0.355 e. The highest BCUT2D eigenvalue weighted by Gasteiger charge is 2.34. The molecule has 1 aliphatic heterocycles. The predicted octanol–water partition coefficient (Wildman–Crippen LogP) is 5.87. The molecule has 0 N–H and O–H groups in total. The molecule has 1 aliphatic rings. The van der Waals surface area contributed by atoms with Crippen LogP contribution in [-0.2, 0) is 9.59 Å². The molecule has 4 aromatic rings. The van der Waals surface area contributed by atoms with Gasteiger partial charge in [-0.25, -0.2) is 28.7 Å². The van der Waals surface area contributed by atoms with Gasteiger partial charge < -0.3 is 9.80 Å². The maximum Gasteiger partial charge on any atom is 0.355 e. The lowest BCUT2D eigenvalue weighted by atomic mass is 10.0. The number of halogens is 2. The van der Waals surface area contributed by atoms with E-state index in [1.807, 2.05) is 46.4 Å². The average molecular weight is 675 g/mol. The molecular formula is C35H40ClFN8O3. The second-order valence-corrected chi connectivity index (χ2v) is 13.2. The summed E-state index contributed by atoms with van der Waals surface area (Å²) in [5, 5.41) is 0.626. The van der Waals surface area contributed by atoms with Crippen molar-refractivity contribution in [2.24, 2.45) is 0 Å². The minimum atomic E-state index is -0.642. The SMILES string of the molecule is C=CC(=O)N1C[C@H](C)N(c2nc(=O)n(-c3c(C(C)C)nc(N(C)C(C)=O)nc3C(C)C)c3nc(-c4ccccc4F)c(Cl)cc23)C[C@H]1C. The standard InChI is InChI=1S/C35H40ClFN8O3/c1-10-27(47)43-16-21(7)44(17-20(43)6)32-24-15-25(36)30(23-13-11-12-14-26(23)37)38-33(24)45(35(48)41-32)31-28(18(2)3)39-34(42(9)22(8)46)40-29(31)19(4)5/h10-15,18-21H,1,16-17H2,2-9H3/t20-,21+/m1/s1. The molecule has 11 nitrogen and oxygen atoms in total. The number of fused-ring (bicyclic) bond motifs is 1. The number of benzene rings is 1. The number of anilines is 2. The zero-order valence-electron chi connectivity index (χ0n) is 28.5. The van der Waals surface area contributed by atoms with Gasteiger partial charge in [0.1, 0.15) is 11.6 Å². The number of carbonyl (C=O) groups excluding carboxylic acids is 2. The summed E-state index contributed by atoms with van der Waals surface area (Å²) in [5.41, 5.74) is 1.29. The summed E-state index contributed by atoms with van der Waals surface area (Å²) in [7, 11) is 1.60. The quantitative estimate of drug-likeness (QED) is 0.224. The number of hydrogen-bond donors (Lipinski definition) is 0. The van der Waals surface area contributed by atoms with Crippen molar-refractivity contribution in [2.75, 3.05) is 29.9 Å². The molecule has 3 aromatic heterocycles. The van der Waals surface area contributed by atoms with Crippen molar-refractivity contribution >= 4 is 46.2 Å². The Morgan fingerprint density at radius 1 is 1.02 bits per heavy atom. The van der Waals surface area contributed by atoms with Crippen molar-refractivity contribution < 1.29 is 14.0 Å². The number of nitrogens with zero attached hydrogens (tertiary/aromatic N) is 8. The zero-order valence-corrected chi connectivity index (χ0v) is 29.2. The Hall–Kier alpha value is -4.71. The van der Waals surface area contributed by atoms with Gasteiger partial charge in [0.25, 0.3) is 0 Å². The first-order valence-corrected chi connectivity index (χ1v) is 16.3. The molecule has 0 aliphatic carbocycles. The van der Waals surface area contributed by atoms with E-state index in [-0.39, 0.29) is 63.6 Å². The van der Waals surface area contributed by atoms with E-state index in [1.165, 1.54) is 28.5 Å². The highest BCUT2D eigenvalue weighted by Crippen LogP contribution is 2.37. The Morgan fingerprint density at radius 2 is 1.65 bits per heavy atom. The first-order chi connectivity index (χ1) is 22.7. The highest BCUT2D eigenvalue weighted by atomic mass is 35.5. The minimum Gasteiger partial charge on any atom is -0.349 e. The second-order valence-electron chi connectivity index (χ2n) is 12.8. The van der Waals surface area contributed by atoms with Crippen molar-refractivity contribution in [1.29, 1.82) is 0 Å². The predicted molar refractivity (Wildman–Crippen MR) is 187 cm³/mol. The Labute approximate surface area is 284 Å². The van der Waals surface area contributed by atoms with E-state index < -0.39 is 11.5 Å². The fourth-order valence-electron chi connectivity index (χ4n) is 6.02. The molecule has 0 unspecified atom stereocenters. The summed E-state index contributed by atoms with van der Waals surface area (Å²) < 4.78 is 16.6. The third-order valence-corrected chi connectivity index (χ3v) is 8.95. The fraction of sp³-hybridized carbons (Fsp3) is 0.400. The van der Waals surface area contributed by atoms with Crippen LogP contribution in [0.4, 0.5) is 16.2 Å². The number of aromatic nitrogens is 5. The van der Waals surface area contributed by atoms with E-state index in [1.54, 1.807) is 36.2 Å². The van der Waals surface area contributed by atoms with Gasteiger partial charge in [-0.15, -0.1) is 0 Å².